The molecule has 0 saturated heterocycles. The molecule has 2 amide bonds. The van der Waals surface area contributed by atoms with Crippen molar-refractivity contribution in [3.63, 3.8) is 0 Å². The second kappa shape index (κ2) is 5.65. The molecule has 0 bridgehead atoms. The summed E-state index contributed by atoms with van der Waals surface area (Å²) in [5, 5.41) is 5.77. The zero-order chi connectivity index (χ0) is 14.8. The van der Waals surface area contributed by atoms with Crippen LogP contribution < -0.4 is 10.6 Å². The Balaban J connectivity index is 2.03. The molecule has 0 aliphatic heterocycles. The molecule has 1 aliphatic rings. The summed E-state index contributed by atoms with van der Waals surface area (Å²) in [4.78, 5) is 24.6. The van der Waals surface area contributed by atoms with Gasteiger partial charge in [-0.1, -0.05) is 19.1 Å². The molecule has 1 saturated carbocycles. The van der Waals surface area contributed by atoms with E-state index in [1.54, 1.807) is 0 Å². The van der Waals surface area contributed by atoms with Crippen LogP contribution in [-0.2, 0) is 9.59 Å². The zero-order valence-corrected chi connectivity index (χ0v) is 12.3. The van der Waals surface area contributed by atoms with Crippen LogP contribution in [0.3, 0.4) is 0 Å². The van der Waals surface area contributed by atoms with Crippen LogP contribution in [-0.4, -0.2) is 17.9 Å². The van der Waals surface area contributed by atoms with Gasteiger partial charge in [-0.25, -0.2) is 0 Å². The third-order valence-electron chi connectivity index (χ3n) is 3.89. The fourth-order valence-electron chi connectivity index (χ4n) is 2.12. The number of benzene rings is 1. The van der Waals surface area contributed by atoms with Gasteiger partial charge in [-0.15, -0.1) is 0 Å². The first-order valence-electron chi connectivity index (χ1n) is 7.17. The maximum atomic E-state index is 12.3. The lowest BCUT2D eigenvalue weighted by atomic mass is 10.0. The van der Waals surface area contributed by atoms with Crippen molar-refractivity contribution in [2.45, 2.75) is 46.1 Å². The average molecular weight is 274 g/mol. The molecule has 2 rings (SSSR count). The quantitative estimate of drug-likeness (QED) is 0.811. The normalized spacial score (nSPS) is 17.1. The number of amides is 2. The average Bonchev–Trinajstić information content (AvgIpc) is 3.20. The SMILES string of the molecule is CCC(C)NC(=O)C1(C(=O)Nc2cccc(C)c2)CC1. The Kier molecular flexibility index (Phi) is 4.12. The van der Waals surface area contributed by atoms with E-state index in [0.29, 0.717) is 12.8 Å². The Morgan fingerprint density at radius 3 is 2.55 bits per heavy atom. The molecule has 1 fully saturated rings. The zero-order valence-electron chi connectivity index (χ0n) is 12.3. The van der Waals surface area contributed by atoms with Crippen molar-refractivity contribution >= 4 is 17.5 Å². The molecule has 1 aliphatic carbocycles. The first kappa shape index (κ1) is 14.6. The van der Waals surface area contributed by atoms with Gasteiger partial charge in [0.1, 0.15) is 5.41 Å². The van der Waals surface area contributed by atoms with Gasteiger partial charge >= 0.3 is 0 Å². The molecule has 2 N–H and O–H groups in total. The highest BCUT2D eigenvalue weighted by Crippen LogP contribution is 2.47. The van der Waals surface area contributed by atoms with Gasteiger partial charge in [0.2, 0.25) is 11.8 Å². The minimum atomic E-state index is -0.854. The summed E-state index contributed by atoms with van der Waals surface area (Å²) >= 11 is 0. The molecule has 4 nitrogen and oxygen atoms in total. The molecule has 108 valence electrons. The van der Waals surface area contributed by atoms with Crippen LogP contribution >= 0.6 is 0 Å². The van der Waals surface area contributed by atoms with Gasteiger partial charge in [0, 0.05) is 11.7 Å². The van der Waals surface area contributed by atoms with Crippen molar-refractivity contribution in [1.82, 2.24) is 5.32 Å². The summed E-state index contributed by atoms with van der Waals surface area (Å²) in [6, 6.07) is 7.71. The van der Waals surface area contributed by atoms with E-state index >= 15 is 0 Å². The van der Waals surface area contributed by atoms with Crippen molar-refractivity contribution in [3.05, 3.63) is 29.8 Å². The van der Waals surface area contributed by atoms with Gasteiger partial charge in [0.05, 0.1) is 0 Å². The molecule has 0 heterocycles. The van der Waals surface area contributed by atoms with Crippen molar-refractivity contribution in [3.8, 4) is 0 Å². The summed E-state index contributed by atoms with van der Waals surface area (Å²) in [5.41, 5.74) is 0.974. The van der Waals surface area contributed by atoms with Crippen LogP contribution in [0.25, 0.3) is 0 Å². The van der Waals surface area contributed by atoms with Crippen LogP contribution in [0.15, 0.2) is 24.3 Å². The standard InChI is InChI=1S/C16H22N2O2/c1-4-12(3)17-14(19)16(8-9-16)15(20)18-13-7-5-6-11(2)10-13/h5-7,10,12H,4,8-9H2,1-3H3,(H,17,19)(H,18,20). The molecule has 1 aromatic carbocycles. The highest BCUT2D eigenvalue weighted by atomic mass is 16.2. The Morgan fingerprint density at radius 1 is 1.30 bits per heavy atom. The Hall–Kier alpha value is -1.84. The number of carbonyl (C=O) groups excluding carboxylic acids is 2. The molecule has 0 spiro atoms. The minimum absolute atomic E-state index is 0.103. The van der Waals surface area contributed by atoms with Gasteiger partial charge in [-0.3, -0.25) is 9.59 Å². The van der Waals surface area contributed by atoms with Gasteiger partial charge in [-0.2, -0.15) is 0 Å². The van der Waals surface area contributed by atoms with Crippen molar-refractivity contribution < 1.29 is 9.59 Å². The second-order valence-electron chi connectivity index (χ2n) is 5.69. The largest absolute Gasteiger partial charge is 0.353 e. The van der Waals surface area contributed by atoms with Crippen molar-refractivity contribution in [1.29, 1.82) is 0 Å². The van der Waals surface area contributed by atoms with E-state index in [-0.39, 0.29) is 17.9 Å². The third-order valence-corrected chi connectivity index (χ3v) is 3.89. The predicted molar refractivity (Wildman–Crippen MR) is 79.4 cm³/mol. The summed E-state index contributed by atoms with van der Waals surface area (Å²) in [6.07, 6.45) is 2.13. The van der Waals surface area contributed by atoms with E-state index < -0.39 is 5.41 Å². The second-order valence-corrected chi connectivity index (χ2v) is 5.69. The lowest BCUT2D eigenvalue weighted by Gasteiger charge is -2.18. The molecule has 0 aromatic heterocycles. The van der Waals surface area contributed by atoms with Gasteiger partial charge in [0.25, 0.3) is 0 Å². The molecule has 4 heteroatoms. The molecule has 20 heavy (non-hydrogen) atoms. The van der Waals surface area contributed by atoms with Crippen molar-refractivity contribution in [2.75, 3.05) is 5.32 Å². The Morgan fingerprint density at radius 2 is 2.00 bits per heavy atom. The first-order valence-corrected chi connectivity index (χ1v) is 7.17. The summed E-state index contributed by atoms with van der Waals surface area (Å²) in [5.74, 6) is -0.332. The highest BCUT2D eigenvalue weighted by Gasteiger charge is 2.56. The molecule has 1 aromatic rings. The number of rotatable bonds is 5. The van der Waals surface area contributed by atoms with Crippen LogP contribution in [0.4, 0.5) is 5.69 Å². The van der Waals surface area contributed by atoms with E-state index in [1.807, 2.05) is 45.0 Å². The smallest absolute Gasteiger partial charge is 0.240 e. The summed E-state index contributed by atoms with van der Waals surface area (Å²) in [7, 11) is 0. The Bertz CT molecular complexity index is 521. The van der Waals surface area contributed by atoms with Crippen molar-refractivity contribution in [2.24, 2.45) is 5.41 Å². The first-order chi connectivity index (χ1) is 9.48. The number of anilines is 1. The van der Waals surface area contributed by atoms with E-state index in [4.69, 9.17) is 0 Å². The van der Waals surface area contributed by atoms with E-state index in [2.05, 4.69) is 10.6 Å². The molecule has 0 radical (unpaired) electrons. The van der Waals surface area contributed by atoms with Gasteiger partial charge in [0.15, 0.2) is 0 Å². The molecular formula is C16H22N2O2. The predicted octanol–water partition coefficient (Wildman–Crippen LogP) is 2.63. The summed E-state index contributed by atoms with van der Waals surface area (Å²) < 4.78 is 0. The number of hydrogen-bond donors (Lipinski definition) is 2. The number of carbonyl (C=O) groups is 2. The number of hydrogen-bond acceptors (Lipinski definition) is 2. The van der Waals surface area contributed by atoms with Crippen LogP contribution in [0, 0.1) is 12.3 Å². The third kappa shape index (κ3) is 3.00. The highest BCUT2D eigenvalue weighted by molar-refractivity contribution is 6.13. The van der Waals surface area contributed by atoms with Crippen LogP contribution in [0.2, 0.25) is 0 Å². The van der Waals surface area contributed by atoms with Crippen LogP contribution in [0.5, 0.6) is 0 Å². The maximum absolute atomic E-state index is 12.3. The lowest BCUT2D eigenvalue weighted by Crippen LogP contribution is -2.43. The number of aryl methyl sites for hydroxylation is 1. The fraction of sp³-hybridized carbons (Fsp3) is 0.500. The fourth-order valence-corrected chi connectivity index (χ4v) is 2.12. The number of nitrogens with one attached hydrogen (secondary N) is 2. The van der Waals surface area contributed by atoms with Crippen LogP contribution in [0.1, 0.15) is 38.7 Å². The van der Waals surface area contributed by atoms with E-state index in [9.17, 15) is 9.59 Å². The molecule has 1 atom stereocenters. The molecule has 1 unspecified atom stereocenters. The summed E-state index contributed by atoms with van der Waals surface area (Å²) in [6.45, 7) is 5.93. The monoisotopic (exact) mass is 274 g/mol. The van der Waals surface area contributed by atoms with E-state index in [0.717, 1.165) is 17.7 Å². The van der Waals surface area contributed by atoms with Gasteiger partial charge < -0.3 is 10.6 Å². The minimum Gasteiger partial charge on any atom is -0.353 e. The van der Waals surface area contributed by atoms with Gasteiger partial charge in [-0.05, 0) is 50.8 Å². The maximum Gasteiger partial charge on any atom is 0.240 e. The molecular weight excluding hydrogens is 252 g/mol. The topological polar surface area (TPSA) is 58.2 Å². The lowest BCUT2D eigenvalue weighted by molar-refractivity contribution is -0.134. The Labute approximate surface area is 119 Å². The van der Waals surface area contributed by atoms with E-state index in [1.165, 1.54) is 0 Å².